The van der Waals surface area contributed by atoms with Crippen LogP contribution < -0.4 is 5.32 Å². The van der Waals surface area contributed by atoms with E-state index in [9.17, 15) is 9.59 Å². The molecule has 0 radical (unpaired) electrons. The van der Waals surface area contributed by atoms with Gasteiger partial charge in [0.2, 0.25) is 5.91 Å². The van der Waals surface area contributed by atoms with Gasteiger partial charge in [0.05, 0.1) is 10.8 Å². The van der Waals surface area contributed by atoms with Gasteiger partial charge in [0.25, 0.3) is 5.91 Å². The van der Waals surface area contributed by atoms with Gasteiger partial charge in [-0.1, -0.05) is 19.4 Å². The van der Waals surface area contributed by atoms with Gasteiger partial charge < -0.3 is 15.1 Å². The van der Waals surface area contributed by atoms with Gasteiger partial charge >= 0.3 is 0 Å². The lowest BCUT2D eigenvalue weighted by Gasteiger charge is -2.42. The van der Waals surface area contributed by atoms with Crippen molar-refractivity contribution in [3.8, 4) is 0 Å². The summed E-state index contributed by atoms with van der Waals surface area (Å²) in [5, 5.41) is 5.29. The van der Waals surface area contributed by atoms with Crippen LogP contribution in [0.3, 0.4) is 0 Å². The number of piperidine rings is 1. The van der Waals surface area contributed by atoms with Crippen molar-refractivity contribution in [1.29, 1.82) is 0 Å². The SMILES string of the molecule is CCCCN1C[C@H]2C(=O)NC3(CCN(C(=O)c4cccs4)CC3)[C@H]2C1. The number of carbonyl (C=O) groups excluding carboxylic acids is 2. The maximum atomic E-state index is 12.6. The van der Waals surface area contributed by atoms with Crippen molar-refractivity contribution in [2.24, 2.45) is 11.8 Å². The summed E-state index contributed by atoms with van der Waals surface area (Å²) in [6.07, 6.45) is 4.18. The third-order valence-electron chi connectivity index (χ3n) is 6.32. The van der Waals surface area contributed by atoms with Crippen LogP contribution in [0.1, 0.15) is 42.3 Å². The van der Waals surface area contributed by atoms with E-state index >= 15 is 0 Å². The van der Waals surface area contributed by atoms with E-state index in [1.807, 2.05) is 22.4 Å². The average Bonchev–Trinajstić information content (AvgIpc) is 3.33. The maximum absolute atomic E-state index is 12.6. The molecule has 4 rings (SSSR count). The number of nitrogens with zero attached hydrogens (tertiary/aromatic N) is 2. The van der Waals surface area contributed by atoms with E-state index in [1.54, 1.807) is 0 Å². The molecule has 5 nitrogen and oxygen atoms in total. The van der Waals surface area contributed by atoms with E-state index in [4.69, 9.17) is 0 Å². The van der Waals surface area contributed by atoms with Gasteiger partial charge in [-0.2, -0.15) is 0 Å². The summed E-state index contributed by atoms with van der Waals surface area (Å²) < 4.78 is 0. The molecule has 1 N–H and O–H groups in total. The molecule has 6 heteroatoms. The molecule has 4 heterocycles. The molecule has 1 aromatic rings. The summed E-state index contributed by atoms with van der Waals surface area (Å²) in [5.74, 6) is 0.941. The molecule has 3 saturated heterocycles. The zero-order valence-electron chi connectivity index (χ0n) is 14.9. The molecule has 136 valence electrons. The van der Waals surface area contributed by atoms with Crippen LogP contribution in [-0.4, -0.2) is 59.9 Å². The van der Waals surface area contributed by atoms with Crippen LogP contribution in [0.4, 0.5) is 0 Å². The zero-order chi connectivity index (χ0) is 17.4. The lowest BCUT2D eigenvalue weighted by molar-refractivity contribution is -0.123. The number of hydrogen-bond donors (Lipinski definition) is 1. The third kappa shape index (κ3) is 2.99. The molecule has 3 aliphatic rings. The zero-order valence-corrected chi connectivity index (χ0v) is 15.7. The second kappa shape index (κ2) is 6.72. The minimum atomic E-state index is -0.0883. The van der Waals surface area contributed by atoms with Crippen LogP contribution in [-0.2, 0) is 4.79 Å². The highest BCUT2D eigenvalue weighted by molar-refractivity contribution is 7.12. The molecule has 3 aliphatic heterocycles. The van der Waals surface area contributed by atoms with E-state index in [0.717, 1.165) is 50.4 Å². The van der Waals surface area contributed by atoms with Gasteiger partial charge in [-0.05, 0) is 37.3 Å². The Balaban J connectivity index is 1.42. The van der Waals surface area contributed by atoms with Crippen molar-refractivity contribution in [3.63, 3.8) is 0 Å². The monoisotopic (exact) mass is 361 g/mol. The molecule has 0 aliphatic carbocycles. The lowest BCUT2D eigenvalue weighted by Crippen LogP contribution is -2.56. The van der Waals surface area contributed by atoms with E-state index in [2.05, 4.69) is 17.1 Å². The maximum Gasteiger partial charge on any atom is 0.263 e. The first-order chi connectivity index (χ1) is 12.1. The van der Waals surface area contributed by atoms with Gasteiger partial charge in [0.15, 0.2) is 0 Å². The Morgan fingerprint density at radius 1 is 1.36 bits per heavy atom. The normalized spacial score (nSPS) is 28.4. The summed E-state index contributed by atoms with van der Waals surface area (Å²) in [6.45, 7) is 6.75. The van der Waals surface area contributed by atoms with E-state index < -0.39 is 0 Å². The summed E-state index contributed by atoms with van der Waals surface area (Å²) in [4.78, 5) is 30.4. The Morgan fingerprint density at radius 3 is 2.84 bits per heavy atom. The molecule has 0 saturated carbocycles. The number of likely N-dealkylation sites (tertiary alicyclic amines) is 2. The Labute approximate surface area is 153 Å². The van der Waals surface area contributed by atoms with Crippen LogP contribution in [0.15, 0.2) is 17.5 Å². The van der Waals surface area contributed by atoms with Crippen molar-refractivity contribution in [3.05, 3.63) is 22.4 Å². The number of carbonyl (C=O) groups is 2. The Morgan fingerprint density at radius 2 is 2.16 bits per heavy atom. The second-order valence-electron chi connectivity index (χ2n) is 7.74. The number of rotatable bonds is 4. The fraction of sp³-hybridized carbons (Fsp3) is 0.684. The van der Waals surface area contributed by atoms with Crippen molar-refractivity contribution >= 4 is 23.2 Å². The number of fused-ring (bicyclic) bond motifs is 2. The molecule has 3 fully saturated rings. The van der Waals surface area contributed by atoms with Gasteiger partial charge in [-0.25, -0.2) is 0 Å². The predicted octanol–water partition coefficient (Wildman–Crippen LogP) is 2.20. The Bertz CT molecular complexity index is 637. The second-order valence-corrected chi connectivity index (χ2v) is 8.69. The minimum Gasteiger partial charge on any atom is -0.350 e. The van der Waals surface area contributed by atoms with E-state index in [-0.39, 0.29) is 23.3 Å². The summed E-state index contributed by atoms with van der Waals surface area (Å²) in [5.41, 5.74) is -0.0883. The fourth-order valence-electron chi connectivity index (χ4n) is 4.87. The van der Waals surface area contributed by atoms with Gasteiger partial charge in [0, 0.05) is 37.6 Å². The number of thiophene rings is 1. The molecular formula is C19H27N3O2S. The van der Waals surface area contributed by atoms with E-state index in [1.165, 1.54) is 24.2 Å². The smallest absolute Gasteiger partial charge is 0.263 e. The highest BCUT2D eigenvalue weighted by Gasteiger charge is 2.57. The predicted molar refractivity (Wildman–Crippen MR) is 98.7 cm³/mol. The van der Waals surface area contributed by atoms with Crippen LogP contribution in [0.2, 0.25) is 0 Å². The van der Waals surface area contributed by atoms with E-state index in [0.29, 0.717) is 5.92 Å². The van der Waals surface area contributed by atoms with Crippen LogP contribution in [0, 0.1) is 11.8 Å². The molecule has 25 heavy (non-hydrogen) atoms. The van der Waals surface area contributed by atoms with Gasteiger partial charge in [-0.15, -0.1) is 11.3 Å². The molecule has 2 atom stereocenters. The minimum absolute atomic E-state index is 0.0883. The van der Waals surface area contributed by atoms with Crippen LogP contribution in [0.5, 0.6) is 0 Å². The first-order valence-electron chi connectivity index (χ1n) is 9.50. The molecule has 1 aromatic heterocycles. The first-order valence-corrected chi connectivity index (χ1v) is 10.4. The summed E-state index contributed by atoms with van der Waals surface area (Å²) in [7, 11) is 0. The molecule has 2 amide bonds. The largest absolute Gasteiger partial charge is 0.350 e. The van der Waals surface area contributed by atoms with Crippen LogP contribution in [0.25, 0.3) is 0 Å². The van der Waals surface area contributed by atoms with Crippen LogP contribution >= 0.6 is 11.3 Å². The lowest BCUT2D eigenvalue weighted by atomic mass is 9.75. The Kier molecular flexibility index (Phi) is 4.58. The summed E-state index contributed by atoms with van der Waals surface area (Å²) in [6, 6.07) is 3.82. The number of nitrogens with one attached hydrogen (secondary N) is 1. The standard InChI is InChI=1S/C19H27N3O2S/c1-2-3-8-21-12-14-15(13-21)19(20-17(14)23)6-9-22(10-7-19)18(24)16-5-4-11-25-16/h4-5,11,14-15H,2-3,6-10,12-13H2,1H3,(H,20,23)/t14-,15+/m1/s1. The third-order valence-corrected chi connectivity index (χ3v) is 7.17. The highest BCUT2D eigenvalue weighted by atomic mass is 32.1. The number of amides is 2. The van der Waals surface area contributed by atoms with Gasteiger partial charge in [0.1, 0.15) is 0 Å². The summed E-state index contributed by atoms with van der Waals surface area (Å²) >= 11 is 1.50. The fourth-order valence-corrected chi connectivity index (χ4v) is 5.56. The quantitative estimate of drug-likeness (QED) is 0.894. The van der Waals surface area contributed by atoms with Crippen molar-refractivity contribution in [1.82, 2.24) is 15.1 Å². The molecule has 1 spiro atoms. The van der Waals surface area contributed by atoms with Crippen molar-refractivity contribution in [2.45, 2.75) is 38.1 Å². The topological polar surface area (TPSA) is 52.7 Å². The van der Waals surface area contributed by atoms with Crippen molar-refractivity contribution in [2.75, 3.05) is 32.7 Å². The highest BCUT2D eigenvalue weighted by Crippen LogP contribution is 2.44. The number of hydrogen-bond acceptors (Lipinski definition) is 4. The molecule has 0 unspecified atom stereocenters. The molecular weight excluding hydrogens is 334 g/mol. The average molecular weight is 362 g/mol. The number of unbranched alkanes of at least 4 members (excludes halogenated alkanes) is 1. The van der Waals surface area contributed by atoms with Crippen molar-refractivity contribution < 1.29 is 9.59 Å². The Hall–Kier alpha value is -1.40. The van der Waals surface area contributed by atoms with Gasteiger partial charge in [-0.3, -0.25) is 9.59 Å². The first kappa shape index (κ1) is 17.0. The molecule has 0 aromatic carbocycles. The molecule has 0 bridgehead atoms.